The summed E-state index contributed by atoms with van der Waals surface area (Å²) >= 11 is 3.03. The van der Waals surface area contributed by atoms with E-state index in [2.05, 4.69) is 16.0 Å². The van der Waals surface area contributed by atoms with E-state index in [1.54, 1.807) is 23.9 Å². The number of carboxylic acids is 1. The fourth-order valence-corrected chi connectivity index (χ4v) is 3.85. The topological polar surface area (TPSA) is 171 Å². The van der Waals surface area contributed by atoms with Gasteiger partial charge in [-0.25, -0.2) is 0 Å². The molecule has 1 aromatic carbocycles. The molecule has 7 N–H and O–H groups in total. The minimum absolute atomic E-state index is 0.0641. The Labute approximate surface area is 208 Å². The van der Waals surface area contributed by atoms with Crippen LogP contribution in [0.4, 0.5) is 0 Å². The zero-order valence-electron chi connectivity index (χ0n) is 19.6. The normalized spacial score (nSPS) is 14.4. The highest BCUT2D eigenvalue weighted by Crippen LogP contribution is 2.12. The lowest BCUT2D eigenvalue weighted by Crippen LogP contribution is -2.57. The molecule has 4 unspecified atom stereocenters. The summed E-state index contributed by atoms with van der Waals surface area (Å²) in [5.41, 5.74) is 6.63. The summed E-state index contributed by atoms with van der Waals surface area (Å²) in [5, 5.41) is 26.3. The maximum atomic E-state index is 13.2. The van der Waals surface area contributed by atoms with Crippen molar-refractivity contribution in [2.24, 2.45) is 5.73 Å². The molecular weight excluding hydrogens is 480 g/mol. The molecule has 34 heavy (non-hydrogen) atoms. The fraction of sp³-hybridized carbons (Fsp3) is 0.545. The predicted molar refractivity (Wildman–Crippen MR) is 135 cm³/mol. The van der Waals surface area contributed by atoms with Crippen LogP contribution in [0, 0.1) is 0 Å². The van der Waals surface area contributed by atoms with E-state index in [9.17, 15) is 24.3 Å². The van der Waals surface area contributed by atoms with Crippen LogP contribution in [-0.4, -0.2) is 82.1 Å². The van der Waals surface area contributed by atoms with Gasteiger partial charge in [0.25, 0.3) is 0 Å². The Balaban J connectivity index is 3.04. The maximum Gasteiger partial charge on any atom is 0.325 e. The highest BCUT2D eigenvalue weighted by molar-refractivity contribution is 7.98. The molecule has 0 saturated carbocycles. The minimum atomic E-state index is -1.19. The number of carbonyl (C=O) groups excluding carboxylic acids is 3. The Morgan fingerprint density at radius 2 is 1.41 bits per heavy atom. The van der Waals surface area contributed by atoms with Crippen LogP contribution in [0.1, 0.15) is 25.3 Å². The van der Waals surface area contributed by atoms with E-state index in [4.69, 9.17) is 10.8 Å². The molecular formula is C22H34N4O6S2. The van der Waals surface area contributed by atoms with Crippen molar-refractivity contribution in [1.29, 1.82) is 0 Å². The Morgan fingerprint density at radius 3 is 1.97 bits per heavy atom. The van der Waals surface area contributed by atoms with Gasteiger partial charge in [-0.1, -0.05) is 12.1 Å². The van der Waals surface area contributed by atoms with Crippen molar-refractivity contribution < 1.29 is 29.4 Å². The molecule has 10 nitrogen and oxygen atoms in total. The van der Waals surface area contributed by atoms with Gasteiger partial charge in [0.1, 0.15) is 23.9 Å². The van der Waals surface area contributed by atoms with Gasteiger partial charge < -0.3 is 31.9 Å². The third-order valence-electron chi connectivity index (χ3n) is 4.95. The number of amides is 3. The number of nitrogens with one attached hydrogen (secondary N) is 3. The molecule has 4 atom stereocenters. The number of nitrogens with two attached hydrogens (primary N) is 1. The van der Waals surface area contributed by atoms with Crippen molar-refractivity contribution in [2.75, 3.05) is 24.0 Å². The number of phenols is 1. The molecule has 0 aliphatic heterocycles. The van der Waals surface area contributed by atoms with E-state index < -0.39 is 47.9 Å². The van der Waals surface area contributed by atoms with Crippen LogP contribution < -0.4 is 21.7 Å². The number of phenolic OH excluding ortho intramolecular Hbond substituents is 1. The fourth-order valence-electron chi connectivity index (χ4n) is 2.88. The molecule has 0 radical (unpaired) electrons. The number of rotatable bonds is 15. The zero-order chi connectivity index (χ0) is 25.7. The van der Waals surface area contributed by atoms with Crippen LogP contribution in [-0.2, 0) is 25.6 Å². The summed E-state index contributed by atoms with van der Waals surface area (Å²) in [6.07, 6.45) is 4.57. The van der Waals surface area contributed by atoms with Crippen LogP contribution in [0.5, 0.6) is 5.75 Å². The van der Waals surface area contributed by atoms with Gasteiger partial charge >= 0.3 is 5.97 Å². The van der Waals surface area contributed by atoms with Crippen LogP contribution >= 0.6 is 23.5 Å². The first kappa shape index (κ1) is 29.6. The van der Waals surface area contributed by atoms with Gasteiger partial charge in [0, 0.05) is 6.42 Å². The summed E-state index contributed by atoms with van der Waals surface area (Å²) < 4.78 is 0. The molecule has 0 aromatic heterocycles. The first-order valence-corrected chi connectivity index (χ1v) is 13.5. The SMILES string of the molecule is CSCCC(N)C(=O)NC(Cc1ccc(O)cc1)C(=O)NC(CCSC)C(=O)NC(C)C(=O)O. The van der Waals surface area contributed by atoms with Gasteiger partial charge in [-0.3, -0.25) is 19.2 Å². The quantitative estimate of drug-likeness (QED) is 0.193. The molecule has 0 aliphatic rings. The standard InChI is InChI=1S/C22H34N4O6S2/c1-13(22(31)32)24-20(29)17(9-11-34-3)25-21(30)18(12-14-4-6-15(27)7-5-14)26-19(28)16(23)8-10-33-2/h4-7,13,16-18,27H,8-12,23H2,1-3H3,(H,24,29)(H,25,30)(H,26,28)(H,31,32). The van der Waals surface area contributed by atoms with Crippen LogP contribution in [0.3, 0.4) is 0 Å². The number of aliphatic carboxylic acids is 1. The first-order chi connectivity index (χ1) is 16.1. The number of hydrogen-bond acceptors (Lipinski definition) is 8. The number of benzene rings is 1. The lowest BCUT2D eigenvalue weighted by atomic mass is 10.0. The van der Waals surface area contributed by atoms with E-state index in [0.29, 0.717) is 23.5 Å². The van der Waals surface area contributed by atoms with Crippen molar-refractivity contribution >= 4 is 47.2 Å². The second kappa shape index (κ2) is 15.5. The van der Waals surface area contributed by atoms with E-state index in [0.717, 1.165) is 0 Å². The van der Waals surface area contributed by atoms with Gasteiger partial charge in [-0.05, 0) is 61.5 Å². The molecule has 0 spiro atoms. The average molecular weight is 515 g/mol. The molecule has 1 aromatic rings. The summed E-state index contributed by atoms with van der Waals surface area (Å²) in [4.78, 5) is 49.5. The smallest absolute Gasteiger partial charge is 0.325 e. The highest BCUT2D eigenvalue weighted by Gasteiger charge is 2.29. The third-order valence-corrected chi connectivity index (χ3v) is 6.24. The largest absolute Gasteiger partial charge is 0.508 e. The molecule has 0 saturated heterocycles. The lowest BCUT2D eigenvalue weighted by molar-refractivity contribution is -0.141. The van der Waals surface area contributed by atoms with Crippen molar-refractivity contribution in [3.05, 3.63) is 29.8 Å². The number of thioether (sulfide) groups is 2. The zero-order valence-corrected chi connectivity index (χ0v) is 21.2. The molecule has 190 valence electrons. The van der Waals surface area contributed by atoms with E-state index >= 15 is 0 Å². The number of aromatic hydroxyl groups is 1. The Bertz CT molecular complexity index is 824. The van der Waals surface area contributed by atoms with Crippen LogP contribution in [0.2, 0.25) is 0 Å². The van der Waals surface area contributed by atoms with Gasteiger partial charge in [0.2, 0.25) is 17.7 Å². The Morgan fingerprint density at radius 1 is 0.882 bits per heavy atom. The van der Waals surface area contributed by atoms with Gasteiger partial charge in [-0.15, -0.1) is 0 Å². The second-order valence-corrected chi connectivity index (χ2v) is 9.70. The van der Waals surface area contributed by atoms with Gasteiger partial charge in [0.15, 0.2) is 0 Å². The first-order valence-electron chi connectivity index (χ1n) is 10.7. The van der Waals surface area contributed by atoms with Crippen LogP contribution in [0.25, 0.3) is 0 Å². The third kappa shape index (κ3) is 10.7. The van der Waals surface area contributed by atoms with E-state index in [-0.39, 0.29) is 18.6 Å². The van der Waals surface area contributed by atoms with Crippen molar-refractivity contribution in [3.63, 3.8) is 0 Å². The van der Waals surface area contributed by atoms with Crippen molar-refractivity contribution in [2.45, 2.75) is 50.4 Å². The maximum absolute atomic E-state index is 13.2. The summed E-state index contributed by atoms with van der Waals surface area (Å²) in [6, 6.07) is 2.27. The Kier molecular flexibility index (Phi) is 13.5. The molecule has 12 heteroatoms. The van der Waals surface area contributed by atoms with E-state index in [1.165, 1.54) is 30.8 Å². The summed E-state index contributed by atoms with van der Waals surface area (Å²) in [6.45, 7) is 1.33. The molecule has 0 bridgehead atoms. The summed E-state index contributed by atoms with van der Waals surface area (Å²) in [5.74, 6) is -1.60. The molecule has 1 rings (SSSR count). The summed E-state index contributed by atoms with van der Waals surface area (Å²) in [7, 11) is 0. The lowest BCUT2D eigenvalue weighted by Gasteiger charge is -2.25. The molecule has 3 amide bonds. The minimum Gasteiger partial charge on any atom is -0.508 e. The Hall–Kier alpha value is -2.44. The predicted octanol–water partition coefficient (Wildman–Crippen LogP) is 0.327. The second-order valence-electron chi connectivity index (χ2n) is 7.73. The number of carbonyl (C=O) groups is 4. The molecule has 0 aliphatic carbocycles. The van der Waals surface area contributed by atoms with Crippen molar-refractivity contribution in [1.82, 2.24) is 16.0 Å². The van der Waals surface area contributed by atoms with Gasteiger partial charge in [-0.2, -0.15) is 23.5 Å². The number of carboxylic acid groups (broad SMARTS) is 1. The molecule has 0 fully saturated rings. The van der Waals surface area contributed by atoms with E-state index in [1.807, 2.05) is 12.5 Å². The number of hydrogen-bond donors (Lipinski definition) is 6. The average Bonchev–Trinajstić information content (AvgIpc) is 2.80. The highest BCUT2D eigenvalue weighted by atomic mass is 32.2. The van der Waals surface area contributed by atoms with Crippen molar-refractivity contribution in [3.8, 4) is 5.75 Å². The monoisotopic (exact) mass is 514 g/mol. The molecule has 0 heterocycles. The van der Waals surface area contributed by atoms with Gasteiger partial charge in [0.05, 0.1) is 6.04 Å². The van der Waals surface area contributed by atoms with Crippen LogP contribution in [0.15, 0.2) is 24.3 Å².